The first-order chi connectivity index (χ1) is 6.84. The maximum atomic E-state index is 11.6. The Morgan fingerprint density at radius 1 is 1.29 bits per heavy atom. The van der Waals surface area contributed by atoms with Crippen LogP contribution in [0, 0.1) is 11.8 Å². The Kier molecular flexibility index (Phi) is 1.73. The molecule has 2 unspecified atom stereocenters. The van der Waals surface area contributed by atoms with Gasteiger partial charge in [-0.15, -0.1) is 0 Å². The van der Waals surface area contributed by atoms with Crippen molar-refractivity contribution < 1.29 is 4.79 Å². The summed E-state index contributed by atoms with van der Waals surface area (Å²) in [5.74, 6) is 1.67. The first-order valence-corrected chi connectivity index (χ1v) is 5.46. The van der Waals surface area contributed by atoms with Crippen molar-refractivity contribution in [2.75, 3.05) is 0 Å². The van der Waals surface area contributed by atoms with Gasteiger partial charge in [0.1, 0.15) is 0 Å². The van der Waals surface area contributed by atoms with Gasteiger partial charge in [-0.1, -0.05) is 24.3 Å². The Hall–Kier alpha value is -1.11. The Morgan fingerprint density at radius 2 is 2.21 bits per heavy atom. The molecule has 0 aromatic heterocycles. The van der Waals surface area contributed by atoms with Crippen LogP contribution in [0.4, 0.5) is 0 Å². The van der Waals surface area contributed by atoms with Crippen molar-refractivity contribution in [3.8, 4) is 0 Å². The average Bonchev–Trinajstić information content (AvgIpc) is 2.57. The van der Waals surface area contributed by atoms with Crippen LogP contribution in [0.3, 0.4) is 0 Å². The van der Waals surface area contributed by atoms with Gasteiger partial charge in [-0.05, 0) is 42.2 Å². The Morgan fingerprint density at radius 3 is 3.14 bits per heavy atom. The molecule has 0 saturated heterocycles. The molecule has 1 nitrogen and oxygen atoms in total. The largest absolute Gasteiger partial charge is 0.295 e. The molecule has 1 fully saturated rings. The lowest BCUT2D eigenvalue weighted by molar-refractivity contribution is -0.114. The molecular weight excluding hydrogens is 172 g/mol. The van der Waals surface area contributed by atoms with Gasteiger partial charge in [0.05, 0.1) is 0 Å². The molecule has 0 N–H and O–H groups in total. The van der Waals surface area contributed by atoms with Crippen LogP contribution in [-0.4, -0.2) is 5.78 Å². The van der Waals surface area contributed by atoms with Gasteiger partial charge in [0.25, 0.3) is 0 Å². The van der Waals surface area contributed by atoms with E-state index in [9.17, 15) is 4.79 Å². The molecular formula is C13H14O. The minimum Gasteiger partial charge on any atom is -0.295 e. The molecule has 0 bridgehead atoms. The molecule has 3 aliphatic carbocycles. The van der Waals surface area contributed by atoms with Gasteiger partial charge < -0.3 is 0 Å². The van der Waals surface area contributed by atoms with Crippen molar-refractivity contribution >= 4 is 5.78 Å². The van der Waals surface area contributed by atoms with E-state index in [1.807, 2.05) is 0 Å². The first-order valence-electron chi connectivity index (χ1n) is 5.46. The molecule has 0 aromatic rings. The van der Waals surface area contributed by atoms with E-state index >= 15 is 0 Å². The quantitative estimate of drug-likeness (QED) is 0.568. The molecule has 3 aliphatic rings. The smallest absolute Gasteiger partial charge is 0.159 e. The summed E-state index contributed by atoms with van der Waals surface area (Å²) in [5, 5.41) is 0. The first kappa shape index (κ1) is 8.22. The van der Waals surface area contributed by atoms with E-state index < -0.39 is 0 Å². The van der Waals surface area contributed by atoms with Crippen molar-refractivity contribution in [1.82, 2.24) is 0 Å². The van der Waals surface area contributed by atoms with Gasteiger partial charge in [0, 0.05) is 6.42 Å². The fourth-order valence-corrected chi connectivity index (χ4v) is 2.89. The zero-order valence-corrected chi connectivity index (χ0v) is 8.20. The molecule has 2 atom stereocenters. The predicted molar refractivity (Wildman–Crippen MR) is 55.8 cm³/mol. The molecule has 0 aliphatic heterocycles. The van der Waals surface area contributed by atoms with E-state index in [4.69, 9.17) is 0 Å². The van der Waals surface area contributed by atoms with E-state index in [1.54, 1.807) is 0 Å². The fourth-order valence-electron chi connectivity index (χ4n) is 2.89. The number of Topliss-reactive ketones (excluding diaryl/α,β-unsaturated/α-hetero) is 1. The highest BCUT2D eigenvalue weighted by molar-refractivity contribution is 5.98. The van der Waals surface area contributed by atoms with Crippen LogP contribution < -0.4 is 0 Å². The van der Waals surface area contributed by atoms with Gasteiger partial charge in [-0.2, -0.15) is 0 Å². The Labute approximate surface area is 84.2 Å². The van der Waals surface area contributed by atoms with Crippen molar-refractivity contribution in [2.24, 2.45) is 11.8 Å². The molecule has 0 aromatic carbocycles. The van der Waals surface area contributed by atoms with E-state index in [-0.39, 0.29) is 0 Å². The lowest BCUT2D eigenvalue weighted by atomic mass is 9.76. The number of carbonyl (C=O) groups is 1. The third-order valence-corrected chi connectivity index (χ3v) is 3.69. The molecule has 14 heavy (non-hydrogen) atoms. The molecule has 72 valence electrons. The van der Waals surface area contributed by atoms with Crippen molar-refractivity contribution in [3.05, 3.63) is 35.5 Å². The molecule has 1 heteroatoms. The van der Waals surface area contributed by atoms with Crippen molar-refractivity contribution in [1.29, 1.82) is 0 Å². The average molecular weight is 186 g/mol. The highest BCUT2D eigenvalue weighted by Gasteiger charge is 2.34. The maximum absolute atomic E-state index is 11.6. The van der Waals surface area contributed by atoms with Crippen molar-refractivity contribution in [3.63, 3.8) is 0 Å². The summed E-state index contributed by atoms with van der Waals surface area (Å²) in [6.07, 6.45) is 12.9. The molecule has 0 heterocycles. The van der Waals surface area contributed by atoms with Gasteiger partial charge in [-0.25, -0.2) is 0 Å². The summed E-state index contributed by atoms with van der Waals surface area (Å²) in [6.45, 7) is 0. The molecule has 0 amide bonds. The van der Waals surface area contributed by atoms with Gasteiger partial charge in [0.15, 0.2) is 5.78 Å². The summed E-state index contributed by atoms with van der Waals surface area (Å²) < 4.78 is 0. The monoisotopic (exact) mass is 186 g/mol. The third-order valence-electron chi connectivity index (χ3n) is 3.69. The summed E-state index contributed by atoms with van der Waals surface area (Å²) in [6, 6.07) is 0. The molecule has 1 saturated carbocycles. The standard InChI is InChI=1S/C13H14O/c14-13-6-5-11-7-9-3-1-2-4-10(9)8-12(11)13/h1-2,4,8-9,11H,3,5-7H2. The van der Waals surface area contributed by atoms with Crippen LogP contribution in [0.15, 0.2) is 35.5 Å². The minimum atomic E-state index is 0.393. The normalized spacial score (nSPS) is 34.7. The number of fused-ring (bicyclic) bond motifs is 2. The van der Waals surface area contributed by atoms with Gasteiger partial charge >= 0.3 is 0 Å². The second-order valence-corrected chi connectivity index (χ2v) is 4.52. The van der Waals surface area contributed by atoms with Crippen LogP contribution in [0.25, 0.3) is 0 Å². The molecule has 3 rings (SSSR count). The molecule has 0 spiro atoms. The Bertz CT molecular complexity index is 371. The highest BCUT2D eigenvalue weighted by Crippen LogP contribution is 2.42. The number of ketones is 1. The van der Waals surface area contributed by atoms with E-state index in [0.717, 1.165) is 18.4 Å². The zero-order chi connectivity index (χ0) is 9.54. The van der Waals surface area contributed by atoms with Crippen molar-refractivity contribution in [2.45, 2.75) is 25.7 Å². The summed E-state index contributed by atoms with van der Waals surface area (Å²) in [5.41, 5.74) is 2.50. The van der Waals surface area contributed by atoms with Crippen LogP contribution in [0.5, 0.6) is 0 Å². The van der Waals surface area contributed by atoms with Crippen LogP contribution >= 0.6 is 0 Å². The summed E-state index contributed by atoms with van der Waals surface area (Å²) in [4.78, 5) is 11.6. The zero-order valence-electron chi connectivity index (χ0n) is 8.20. The van der Waals surface area contributed by atoms with Crippen LogP contribution in [-0.2, 0) is 4.79 Å². The topological polar surface area (TPSA) is 17.1 Å². The van der Waals surface area contributed by atoms with Gasteiger partial charge in [-0.3, -0.25) is 4.79 Å². The maximum Gasteiger partial charge on any atom is 0.159 e. The SMILES string of the molecule is O=C1CCC2CC3CC=CC=C3C=C12. The summed E-state index contributed by atoms with van der Waals surface area (Å²) in [7, 11) is 0. The summed E-state index contributed by atoms with van der Waals surface area (Å²) >= 11 is 0. The van der Waals surface area contributed by atoms with Gasteiger partial charge in [0.2, 0.25) is 0 Å². The number of hydrogen-bond donors (Lipinski definition) is 0. The number of carbonyl (C=O) groups excluding carboxylic acids is 1. The van der Waals surface area contributed by atoms with E-state index in [1.165, 1.54) is 18.4 Å². The number of allylic oxidation sites excluding steroid dienone is 6. The lowest BCUT2D eigenvalue weighted by Gasteiger charge is -2.28. The van der Waals surface area contributed by atoms with E-state index in [0.29, 0.717) is 17.6 Å². The predicted octanol–water partition coefficient (Wildman–Crippen LogP) is 2.80. The molecule has 0 radical (unpaired) electrons. The van der Waals surface area contributed by atoms with E-state index in [2.05, 4.69) is 24.3 Å². The second kappa shape index (κ2) is 2.94. The highest BCUT2D eigenvalue weighted by atomic mass is 16.1. The second-order valence-electron chi connectivity index (χ2n) is 4.52. The third kappa shape index (κ3) is 1.12. The fraction of sp³-hybridized carbons (Fsp3) is 0.462. The Balaban J connectivity index is 2.02. The minimum absolute atomic E-state index is 0.393. The number of rotatable bonds is 0. The number of hydrogen-bond acceptors (Lipinski definition) is 1. The lowest BCUT2D eigenvalue weighted by Crippen LogP contribution is -2.17. The van der Waals surface area contributed by atoms with Crippen LogP contribution in [0.2, 0.25) is 0 Å². The van der Waals surface area contributed by atoms with Crippen LogP contribution in [0.1, 0.15) is 25.7 Å².